The third kappa shape index (κ3) is 8.24. The molecule has 0 bridgehead atoms. The number of rotatable bonds is 12. The van der Waals surface area contributed by atoms with Gasteiger partial charge < -0.3 is 4.74 Å². The number of unbranched alkanes of at least 4 members (excludes halogenated alkanes) is 1. The molecule has 0 aromatic heterocycles. The predicted octanol–water partition coefficient (Wildman–Crippen LogP) is 3.59. The van der Waals surface area contributed by atoms with Crippen molar-refractivity contribution >= 4 is 0 Å². The zero-order chi connectivity index (χ0) is 14.5. The van der Waals surface area contributed by atoms with Crippen molar-refractivity contribution in [2.75, 3.05) is 13.2 Å². The Hall–Kier alpha value is -0.980. The lowest BCUT2D eigenvalue weighted by atomic mass is 10.2. The van der Waals surface area contributed by atoms with Gasteiger partial charge in [0.25, 0.3) is 0 Å². The molecule has 0 saturated carbocycles. The van der Waals surface area contributed by atoms with Crippen LogP contribution in [0.25, 0.3) is 0 Å². The highest BCUT2D eigenvalue weighted by molar-refractivity contribution is 5.13. The normalized spacial score (nSPS) is 12.5. The van der Waals surface area contributed by atoms with Crippen molar-refractivity contribution in [3.05, 3.63) is 35.9 Å². The second-order valence-electron chi connectivity index (χ2n) is 4.28. The van der Waals surface area contributed by atoms with E-state index >= 15 is 0 Å². The van der Waals surface area contributed by atoms with Gasteiger partial charge in [-0.3, -0.25) is 0 Å². The van der Waals surface area contributed by atoms with Crippen LogP contribution in [0.2, 0.25) is 0 Å². The van der Waals surface area contributed by atoms with Crippen LogP contribution < -0.4 is 0 Å². The molecule has 0 aliphatic rings. The van der Waals surface area contributed by atoms with Gasteiger partial charge >= 0.3 is 6.48 Å². The number of ether oxygens (including phenoxy) is 1. The SMILES string of the molecule is CCCCOOC(OCCC)OOCc1ccccc1. The maximum Gasteiger partial charge on any atom is 0.329 e. The first-order valence-corrected chi connectivity index (χ1v) is 7.08. The lowest BCUT2D eigenvalue weighted by Crippen LogP contribution is -2.22. The highest BCUT2D eigenvalue weighted by Gasteiger charge is 2.12. The third-order valence-corrected chi connectivity index (χ3v) is 2.40. The molecule has 0 heterocycles. The Labute approximate surface area is 120 Å². The van der Waals surface area contributed by atoms with Crippen LogP contribution in [0.3, 0.4) is 0 Å². The summed E-state index contributed by atoms with van der Waals surface area (Å²) in [5, 5.41) is 0. The van der Waals surface area contributed by atoms with Crippen molar-refractivity contribution in [3.8, 4) is 0 Å². The quantitative estimate of drug-likeness (QED) is 0.254. The van der Waals surface area contributed by atoms with E-state index in [0.29, 0.717) is 19.8 Å². The molecule has 5 heteroatoms. The van der Waals surface area contributed by atoms with Gasteiger partial charge in [0.05, 0.1) is 13.2 Å². The topological polar surface area (TPSA) is 46.2 Å². The first kappa shape index (κ1) is 17.1. The predicted molar refractivity (Wildman–Crippen MR) is 74.3 cm³/mol. The molecule has 0 saturated heterocycles. The van der Waals surface area contributed by atoms with Crippen LogP contribution in [0.4, 0.5) is 0 Å². The molecule has 0 aliphatic heterocycles. The summed E-state index contributed by atoms with van der Waals surface area (Å²) in [5.74, 6) is 0. The summed E-state index contributed by atoms with van der Waals surface area (Å²) >= 11 is 0. The van der Waals surface area contributed by atoms with Crippen LogP contribution in [-0.2, 0) is 30.9 Å². The average Bonchev–Trinajstić information content (AvgIpc) is 2.49. The molecular formula is C15H24O5. The maximum atomic E-state index is 5.31. The van der Waals surface area contributed by atoms with Crippen molar-refractivity contribution in [2.24, 2.45) is 0 Å². The van der Waals surface area contributed by atoms with Gasteiger partial charge in [0.1, 0.15) is 6.61 Å². The minimum Gasteiger partial charge on any atom is -0.326 e. The van der Waals surface area contributed by atoms with E-state index in [1.807, 2.05) is 37.3 Å². The standard InChI is InChI=1S/C15H24O5/c1-3-5-12-17-19-15(16-11-4-2)20-18-13-14-9-7-6-8-10-14/h6-10,15H,3-5,11-13H2,1-2H3. The molecule has 1 unspecified atom stereocenters. The molecule has 1 aromatic rings. The minimum atomic E-state index is -0.962. The zero-order valence-electron chi connectivity index (χ0n) is 12.2. The second kappa shape index (κ2) is 11.8. The molecule has 0 spiro atoms. The number of benzene rings is 1. The maximum absolute atomic E-state index is 5.31. The van der Waals surface area contributed by atoms with E-state index < -0.39 is 6.48 Å². The second-order valence-corrected chi connectivity index (χ2v) is 4.28. The lowest BCUT2D eigenvalue weighted by Gasteiger charge is -2.16. The van der Waals surface area contributed by atoms with Gasteiger partial charge in [-0.15, -0.1) is 0 Å². The number of hydrogen-bond donors (Lipinski definition) is 0. The molecule has 114 valence electrons. The van der Waals surface area contributed by atoms with Gasteiger partial charge in [-0.2, -0.15) is 9.78 Å². The van der Waals surface area contributed by atoms with E-state index in [0.717, 1.165) is 24.8 Å². The van der Waals surface area contributed by atoms with Gasteiger partial charge in [0.2, 0.25) is 0 Å². The van der Waals surface area contributed by atoms with E-state index in [-0.39, 0.29) is 0 Å². The molecule has 0 fully saturated rings. The van der Waals surface area contributed by atoms with Crippen LogP contribution in [0.5, 0.6) is 0 Å². The van der Waals surface area contributed by atoms with Crippen LogP contribution in [-0.4, -0.2) is 19.7 Å². The van der Waals surface area contributed by atoms with Crippen molar-refractivity contribution in [3.63, 3.8) is 0 Å². The molecule has 20 heavy (non-hydrogen) atoms. The van der Waals surface area contributed by atoms with E-state index in [1.165, 1.54) is 0 Å². The van der Waals surface area contributed by atoms with Crippen LogP contribution in [0.1, 0.15) is 38.7 Å². The van der Waals surface area contributed by atoms with Crippen LogP contribution in [0, 0.1) is 0 Å². The Morgan fingerprint density at radius 3 is 2.35 bits per heavy atom. The summed E-state index contributed by atoms with van der Waals surface area (Å²) in [6.07, 6.45) is 2.82. The average molecular weight is 284 g/mol. The van der Waals surface area contributed by atoms with Crippen molar-refractivity contribution < 1.29 is 24.3 Å². The van der Waals surface area contributed by atoms with Gasteiger partial charge in [-0.05, 0) is 18.4 Å². The summed E-state index contributed by atoms with van der Waals surface area (Å²) < 4.78 is 5.31. The summed E-state index contributed by atoms with van der Waals surface area (Å²) in [6, 6.07) is 9.72. The summed E-state index contributed by atoms with van der Waals surface area (Å²) in [7, 11) is 0. The molecule has 5 nitrogen and oxygen atoms in total. The molecular weight excluding hydrogens is 260 g/mol. The van der Waals surface area contributed by atoms with E-state index in [4.69, 9.17) is 24.3 Å². The van der Waals surface area contributed by atoms with Crippen molar-refractivity contribution in [1.82, 2.24) is 0 Å². The van der Waals surface area contributed by atoms with Crippen LogP contribution in [0.15, 0.2) is 30.3 Å². The summed E-state index contributed by atoms with van der Waals surface area (Å²) in [4.78, 5) is 20.2. The highest BCUT2D eigenvalue weighted by Crippen LogP contribution is 2.06. The van der Waals surface area contributed by atoms with Gasteiger partial charge in [0, 0.05) is 0 Å². The van der Waals surface area contributed by atoms with E-state index in [2.05, 4.69) is 6.92 Å². The number of hydrogen-bond acceptors (Lipinski definition) is 5. The Morgan fingerprint density at radius 2 is 1.65 bits per heavy atom. The minimum absolute atomic E-state index is 0.325. The summed E-state index contributed by atoms with van der Waals surface area (Å²) in [6.45, 7) is 4.45. The smallest absolute Gasteiger partial charge is 0.326 e. The Bertz CT molecular complexity index is 317. The van der Waals surface area contributed by atoms with E-state index in [9.17, 15) is 0 Å². The fraction of sp³-hybridized carbons (Fsp3) is 0.600. The van der Waals surface area contributed by atoms with Crippen molar-refractivity contribution in [2.45, 2.75) is 46.2 Å². The van der Waals surface area contributed by atoms with Gasteiger partial charge in [-0.1, -0.05) is 50.6 Å². The molecule has 0 N–H and O–H groups in total. The molecule has 1 atom stereocenters. The largest absolute Gasteiger partial charge is 0.329 e. The van der Waals surface area contributed by atoms with Gasteiger partial charge in [-0.25, -0.2) is 9.78 Å². The lowest BCUT2D eigenvalue weighted by molar-refractivity contribution is -0.523. The van der Waals surface area contributed by atoms with Crippen LogP contribution >= 0.6 is 0 Å². The first-order chi connectivity index (χ1) is 9.86. The van der Waals surface area contributed by atoms with E-state index in [1.54, 1.807) is 0 Å². The fourth-order valence-electron chi connectivity index (χ4n) is 1.32. The zero-order valence-corrected chi connectivity index (χ0v) is 12.2. The fourth-order valence-corrected chi connectivity index (χ4v) is 1.32. The molecule has 0 radical (unpaired) electrons. The highest BCUT2D eigenvalue weighted by atomic mass is 17.3. The third-order valence-electron chi connectivity index (χ3n) is 2.40. The first-order valence-electron chi connectivity index (χ1n) is 7.08. The Morgan fingerprint density at radius 1 is 0.900 bits per heavy atom. The Balaban J connectivity index is 2.21. The van der Waals surface area contributed by atoms with Crippen molar-refractivity contribution in [1.29, 1.82) is 0 Å². The molecule has 1 rings (SSSR count). The molecule has 0 amide bonds. The summed E-state index contributed by atoms with van der Waals surface area (Å²) in [5.41, 5.74) is 1.01. The van der Waals surface area contributed by atoms with Gasteiger partial charge in [0.15, 0.2) is 0 Å². The Kier molecular flexibility index (Phi) is 10.1. The monoisotopic (exact) mass is 284 g/mol. The molecule has 1 aromatic carbocycles. The molecule has 0 aliphatic carbocycles.